The number of aromatic nitrogens is 4. The van der Waals surface area contributed by atoms with Crippen LogP contribution in [-0.4, -0.2) is 25.9 Å². The van der Waals surface area contributed by atoms with Crippen molar-refractivity contribution >= 4 is 12.1 Å². The van der Waals surface area contributed by atoms with Gasteiger partial charge in [0.2, 0.25) is 0 Å². The smallest absolute Gasteiger partial charge is 0.251 e. The van der Waals surface area contributed by atoms with E-state index >= 15 is 0 Å². The van der Waals surface area contributed by atoms with Crippen LogP contribution in [0.2, 0.25) is 0 Å². The highest BCUT2D eigenvalue weighted by Gasteiger charge is 2.13. The second kappa shape index (κ2) is 3.80. The Balaban J connectivity index is 2.24. The minimum absolute atomic E-state index is 0.511. The van der Waals surface area contributed by atoms with E-state index in [0.717, 1.165) is 23.2 Å². The maximum atomic E-state index is 11.0. The Hall–Kier alpha value is -2.43. The highest BCUT2D eigenvalue weighted by atomic mass is 16.1. The molecule has 2 aromatic heterocycles. The molecule has 0 saturated carbocycles. The molecule has 0 bridgehead atoms. The van der Waals surface area contributed by atoms with Crippen molar-refractivity contribution in [1.82, 2.24) is 19.6 Å². The van der Waals surface area contributed by atoms with Crippen molar-refractivity contribution in [1.29, 1.82) is 0 Å². The van der Waals surface area contributed by atoms with Gasteiger partial charge in [-0.2, -0.15) is 4.98 Å². The number of H-pyrrole nitrogens is 1. The van der Waals surface area contributed by atoms with Crippen LogP contribution in [-0.2, 0) is 0 Å². The second-order valence-corrected chi connectivity index (χ2v) is 4.22. The number of aryl methyl sites for hydroxylation is 2. The Labute approximate surface area is 103 Å². The third kappa shape index (κ3) is 1.44. The molecule has 0 aliphatic heterocycles. The van der Waals surface area contributed by atoms with E-state index in [-0.39, 0.29) is 0 Å². The Morgan fingerprint density at radius 2 is 2.00 bits per heavy atom. The normalized spacial score (nSPS) is 11.0. The number of nitrogens with zero attached hydrogens (tertiary/aromatic N) is 3. The average Bonchev–Trinajstić information content (AvgIpc) is 2.86. The van der Waals surface area contributed by atoms with E-state index in [1.165, 1.54) is 0 Å². The summed E-state index contributed by atoms with van der Waals surface area (Å²) in [6.07, 6.45) is 0.787. The molecule has 3 aromatic rings. The summed E-state index contributed by atoms with van der Waals surface area (Å²) in [4.78, 5) is 19.7. The van der Waals surface area contributed by atoms with Crippen molar-refractivity contribution < 1.29 is 4.79 Å². The van der Waals surface area contributed by atoms with Gasteiger partial charge in [-0.1, -0.05) is 24.3 Å². The van der Waals surface area contributed by atoms with Crippen molar-refractivity contribution in [2.45, 2.75) is 13.8 Å². The van der Waals surface area contributed by atoms with E-state index in [2.05, 4.69) is 15.1 Å². The predicted molar refractivity (Wildman–Crippen MR) is 67.6 cm³/mol. The summed E-state index contributed by atoms with van der Waals surface area (Å²) >= 11 is 0. The SMILES string of the molecule is Cc1ccccc1-c1nc2nc(C)c(C=O)n2[nH]1. The molecular weight excluding hydrogens is 228 g/mol. The first kappa shape index (κ1) is 10.7. The number of carbonyl (C=O) groups excluding carboxylic acids is 1. The molecule has 3 rings (SSSR count). The zero-order chi connectivity index (χ0) is 12.7. The fourth-order valence-electron chi connectivity index (χ4n) is 2.04. The van der Waals surface area contributed by atoms with Crippen LogP contribution in [0.1, 0.15) is 21.7 Å². The number of aldehydes is 1. The molecule has 0 fully saturated rings. The Kier molecular flexibility index (Phi) is 2.26. The number of fused-ring (bicyclic) bond motifs is 1. The monoisotopic (exact) mass is 240 g/mol. The first-order valence-electron chi connectivity index (χ1n) is 5.67. The zero-order valence-electron chi connectivity index (χ0n) is 10.1. The summed E-state index contributed by atoms with van der Waals surface area (Å²) in [5.74, 6) is 1.24. The quantitative estimate of drug-likeness (QED) is 0.698. The van der Waals surface area contributed by atoms with E-state index in [1.54, 1.807) is 11.4 Å². The molecule has 0 amide bonds. The van der Waals surface area contributed by atoms with Gasteiger partial charge in [-0.3, -0.25) is 9.89 Å². The molecule has 18 heavy (non-hydrogen) atoms. The van der Waals surface area contributed by atoms with E-state index in [0.29, 0.717) is 17.2 Å². The lowest BCUT2D eigenvalue weighted by atomic mass is 10.1. The van der Waals surface area contributed by atoms with Crippen LogP contribution in [0.5, 0.6) is 0 Å². The van der Waals surface area contributed by atoms with Gasteiger partial charge in [0, 0.05) is 5.56 Å². The Morgan fingerprint density at radius 1 is 1.22 bits per heavy atom. The number of imidazole rings is 1. The lowest BCUT2D eigenvalue weighted by Gasteiger charge is -2.00. The molecule has 5 heteroatoms. The van der Waals surface area contributed by atoms with Crippen molar-refractivity contribution in [3.05, 3.63) is 41.2 Å². The highest BCUT2D eigenvalue weighted by molar-refractivity contribution is 5.76. The summed E-state index contributed by atoms with van der Waals surface area (Å²) < 4.78 is 1.62. The zero-order valence-corrected chi connectivity index (χ0v) is 10.1. The molecule has 5 nitrogen and oxygen atoms in total. The molecular formula is C13H12N4O. The fraction of sp³-hybridized carbons (Fsp3) is 0.154. The van der Waals surface area contributed by atoms with Gasteiger partial charge < -0.3 is 0 Å². The standard InChI is InChI=1S/C13H12N4O/c1-8-5-3-4-6-10(8)12-15-13-14-9(2)11(7-18)17(13)16-12/h3-7H,1-2H3,(H,14,15,16). The summed E-state index contributed by atoms with van der Waals surface area (Å²) in [5.41, 5.74) is 3.33. The topological polar surface area (TPSA) is 63.1 Å². The molecule has 0 aliphatic carbocycles. The van der Waals surface area contributed by atoms with Gasteiger partial charge in [0.1, 0.15) is 5.69 Å². The minimum Gasteiger partial charge on any atom is -0.296 e. The first-order chi connectivity index (χ1) is 8.70. The van der Waals surface area contributed by atoms with Gasteiger partial charge in [-0.25, -0.2) is 9.50 Å². The van der Waals surface area contributed by atoms with E-state index in [4.69, 9.17) is 0 Å². The van der Waals surface area contributed by atoms with Gasteiger partial charge in [-0.15, -0.1) is 0 Å². The van der Waals surface area contributed by atoms with E-state index < -0.39 is 0 Å². The van der Waals surface area contributed by atoms with Gasteiger partial charge in [0.15, 0.2) is 12.1 Å². The number of nitrogens with one attached hydrogen (secondary N) is 1. The van der Waals surface area contributed by atoms with Crippen molar-refractivity contribution in [2.24, 2.45) is 0 Å². The number of rotatable bonds is 2. The summed E-state index contributed by atoms with van der Waals surface area (Å²) in [6, 6.07) is 7.95. The van der Waals surface area contributed by atoms with Gasteiger partial charge in [-0.05, 0) is 19.4 Å². The summed E-state index contributed by atoms with van der Waals surface area (Å²) in [5, 5.41) is 3.10. The Bertz CT molecular complexity index is 739. The van der Waals surface area contributed by atoms with Crippen LogP contribution in [0.3, 0.4) is 0 Å². The molecule has 2 heterocycles. The van der Waals surface area contributed by atoms with Crippen LogP contribution in [0, 0.1) is 13.8 Å². The van der Waals surface area contributed by atoms with Crippen LogP contribution in [0.25, 0.3) is 17.2 Å². The lowest BCUT2D eigenvalue weighted by Crippen LogP contribution is -1.94. The van der Waals surface area contributed by atoms with Gasteiger partial charge in [0.25, 0.3) is 5.78 Å². The van der Waals surface area contributed by atoms with Crippen LogP contribution >= 0.6 is 0 Å². The maximum Gasteiger partial charge on any atom is 0.251 e. The first-order valence-corrected chi connectivity index (χ1v) is 5.67. The van der Waals surface area contributed by atoms with E-state index in [9.17, 15) is 4.79 Å². The van der Waals surface area contributed by atoms with Crippen LogP contribution < -0.4 is 0 Å². The van der Waals surface area contributed by atoms with Gasteiger partial charge >= 0.3 is 0 Å². The highest BCUT2D eigenvalue weighted by Crippen LogP contribution is 2.20. The predicted octanol–water partition coefficient (Wildman–Crippen LogP) is 2.15. The lowest BCUT2D eigenvalue weighted by molar-refractivity contribution is 0.111. The van der Waals surface area contributed by atoms with Crippen molar-refractivity contribution in [3.63, 3.8) is 0 Å². The molecule has 1 aromatic carbocycles. The molecule has 0 aliphatic rings. The minimum atomic E-state index is 0.511. The molecule has 1 N–H and O–H groups in total. The number of aromatic amines is 1. The van der Waals surface area contributed by atoms with E-state index in [1.807, 2.05) is 31.2 Å². The van der Waals surface area contributed by atoms with Crippen LogP contribution in [0.4, 0.5) is 0 Å². The molecule has 0 radical (unpaired) electrons. The second-order valence-electron chi connectivity index (χ2n) is 4.22. The maximum absolute atomic E-state index is 11.0. The Morgan fingerprint density at radius 3 is 2.72 bits per heavy atom. The number of benzene rings is 1. The fourth-order valence-corrected chi connectivity index (χ4v) is 2.04. The molecule has 0 saturated heterocycles. The molecule has 0 unspecified atom stereocenters. The molecule has 0 atom stereocenters. The number of carbonyl (C=O) groups is 1. The molecule has 90 valence electrons. The third-order valence-electron chi connectivity index (χ3n) is 3.02. The van der Waals surface area contributed by atoms with Gasteiger partial charge in [0.05, 0.1) is 5.69 Å². The summed E-state index contributed by atoms with van der Waals surface area (Å²) in [7, 11) is 0. The van der Waals surface area contributed by atoms with Crippen molar-refractivity contribution in [2.75, 3.05) is 0 Å². The number of hydrogen-bond donors (Lipinski definition) is 1. The average molecular weight is 240 g/mol. The summed E-state index contributed by atoms with van der Waals surface area (Å²) in [6.45, 7) is 3.81. The van der Waals surface area contributed by atoms with Crippen molar-refractivity contribution in [3.8, 4) is 11.4 Å². The number of hydrogen-bond acceptors (Lipinski definition) is 3. The largest absolute Gasteiger partial charge is 0.296 e. The van der Waals surface area contributed by atoms with Crippen LogP contribution in [0.15, 0.2) is 24.3 Å². The third-order valence-corrected chi connectivity index (χ3v) is 3.02. The molecule has 0 spiro atoms.